The van der Waals surface area contributed by atoms with E-state index in [1.54, 1.807) is 13.8 Å². The lowest BCUT2D eigenvalue weighted by atomic mass is 9.77. The van der Waals surface area contributed by atoms with Crippen LogP contribution in [0.5, 0.6) is 0 Å². The molecule has 0 saturated carbocycles. The van der Waals surface area contributed by atoms with Crippen LogP contribution in [0.1, 0.15) is 59.8 Å². The Morgan fingerprint density at radius 3 is 1.35 bits per heavy atom. The maximum Gasteiger partial charge on any atom is 0.309 e. The summed E-state index contributed by atoms with van der Waals surface area (Å²) in [7, 11) is 0. The zero-order valence-corrected chi connectivity index (χ0v) is 11.2. The van der Waals surface area contributed by atoms with Gasteiger partial charge in [0.2, 0.25) is 0 Å². The molecule has 0 aliphatic heterocycles. The Hall–Kier alpha value is -1.06. The van der Waals surface area contributed by atoms with Crippen molar-refractivity contribution in [3.8, 4) is 0 Å². The highest BCUT2D eigenvalue weighted by Gasteiger charge is 2.34. The summed E-state index contributed by atoms with van der Waals surface area (Å²) in [5.74, 6) is -1.60. The first kappa shape index (κ1) is 15.9. The molecule has 0 radical (unpaired) electrons. The van der Waals surface area contributed by atoms with Crippen LogP contribution in [0.4, 0.5) is 0 Å². The van der Waals surface area contributed by atoms with Gasteiger partial charge in [0.05, 0.1) is 10.8 Å². The summed E-state index contributed by atoms with van der Waals surface area (Å²) in [6.45, 7) is 7.15. The molecular weight excluding hydrogens is 220 g/mol. The van der Waals surface area contributed by atoms with Crippen LogP contribution in [-0.2, 0) is 9.59 Å². The van der Waals surface area contributed by atoms with Crippen LogP contribution >= 0.6 is 0 Å². The lowest BCUT2D eigenvalue weighted by Crippen LogP contribution is -2.30. The van der Waals surface area contributed by atoms with Crippen molar-refractivity contribution in [1.29, 1.82) is 0 Å². The van der Waals surface area contributed by atoms with E-state index in [2.05, 4.69) is 0 Å². The van der Waals surface area contributed by atoms with Gasteiger partial charge in [-0.05, 0) is 39.5 Å². The van der Waals surface area contributed by atoms with Crippen molar-refractivity contribution in [3.05, 3.63) is 0 Å². The van der Waals surface area contributed by atoms with Gasteiger partial charge >= 0.3 is 11.9 Å². The Bertz CT molecular complexity index is 259. The quantitative estimate of drug-likeness (QED) is 0.687. The van der Waals surface area contributed by atoms with Gasteiger partial charge in [0.1, 0.15) is 0 Å². The van der Waals surface area contributed by atoms with Crippen molar-refractivity contribution in [2.75, 3.05) is 0 Å². The van der Waals surface area contributed by atoms with Crippen LogP contribution < -0.4 is 0 Å². The van der Waals surface area contributed by atoms with Crippen LogP contribution in [-0.4, -0.2) is 22.2 Å². The van der Waals surface area contributed by atoms with Crippen LogP contribution in [0, 0.1) is 10.8 Å². The summed E-state index contributed by atoms with van der Waals surface area (Å²) >= 11 is 0. The molecule has 0 amide bonds. The molecule has 0 heterocycles. The molecule has 0 fully saturated rings. The zero-order chi connectivity index (χ0) is 13.7. The highest BCUT2D eigenvalue weighted by molar-refractivity contribution is 5.74. The summed E-state index contributed by atoms with van der Waals surface area (Å²) in [5.41, 5.74) is -1.46. The number of aliphatic carboxylic acids is 2. The topological polar surface area (TPSA) is 74.6 Å². The van der Waals surface area contributed by atoms with E-state index in [9.17, 15) is 9.59 Å². The van der Waals surface area contributed by atoms with Gasteiger partial charge in [0.15, 0.2) is 0 Å². The van der Waals surface area contributed by atoms with E-state index in [0.29, 0.717) is 32.1 Å². The predicted octanol–water partition coefficient (Wildman–Crippen LogP) is 3.16. The van der Waals surface area contributed by atoms with Crippen molar-refractivity contribution in [1.82, 2.24) is 0 Å². The minimum atomic E-state index is -0.798. The lowest BCUT2D eigenvalue weighted by Gasteiger charge is -2.27. The van der Waals surface area contributed by atoms with Gasteiger partial charge in [-0.2, -0.15) is 0 Å². The molecule has 0 aromatic rings. The van der Waals surface area contributed by atoms with Gasteiger partial charge in [-0.1, -0.05) is 20.3 Å². The number of hydrogen-bond donors (Lipinski definition) is 2. The minimum Gasteiger partial charge on any atom is -0.481 e. The third-order valence-corrected chi connectivity index (χ3v) is 4.05. The van der Waals surface area contributed by atoms with Crippen LogP contribution in [0.2, 0.25) is 0 Å². The van der Waals surface area contributed by atoms with E-state index in [1.807, 2.05) is 13.8 Å². The second kappa shape index (κ2) is 6.03. The van der Waals surface area contributed by atoms with Gasteiger partial charge in [0, 0.05) is 0 Å². The van der Waals surface area contributed by atoms with E-state index in [4.69, 9.17) is 10.2 Å². The summed E-state index contributed by atoms with van der Waals surface area (Å²) < 4.78 is 0. The second-order valence-corrected chi connectivity index (χ2v) is 5.29. The molecule has 0 aliphatic carbocycles. The van der Waals surface area contributed by atoms with Gasteiger partial charge in [-0.25, -0.2) is 0 Å². The highest BCUT2D eigenvalue weighted by Crippen LogP contribution is 2.34. The van der Waals surface area contributed by atoms with E-state index >= 15 is 0 Å². The second-order valence-electron chi connectivity index (χ2n) is 5.29. The maximum atomic E-state index is 11.1. The molecule has 4 nitrogen and oxygen atoms in total. The normalized spacial score (nSPS) is 18.1. The van der Waals surface area contributed by atoms with Crippen molar-refractivity contribution in [2.24, 2.45) is 10.8 Å². The zero-order valence-electron chi connectivity index (χ0n) is 11.2. The maximum absolute atomic E-state index is 11.1. The van der Waals surface area contributed by atoms with Gasteiger partial charge in [-0.15, -0.1) is 0 Å². The standard InChI is InChI=1S/C13H24O4/c1-5-12(3,10(14)15)8-7-9-13(4,6-2)11(16)17/h5-9H2,1-4H3,(H,14,15)(H,16,17). The van der Waals surface area contributed by atoms with Gasteiger partial charge in [-0.3, -0.25) is 9.59 Å². The number of rotatable bonds is 8. The smallest absolute Gasteiger partial charge is 0.309 e. The Labute approximate surface area is 103 Å². The summed E-state index contributed by atoms with van der Waals surface area (Å²) in [6, 6.07) is 0. The fraction of sp³-hybridized carbons (Fsp3) is 0.846. The fourth-order valence-electron chi connectivity index (χ4n) is 1.74. The molecule has 0 aromatic carbocycles. The third kappa shape index (κ3) is 4.02. The Morgan fingerprint density at radius 2 is 1.18 bits per heavy atom. The van der Waals surface area contributed by atoms with Crippen LogP contribution in [0.25, 0.3) is 0 Å². The Balaban J connectivity index is 4.40. The first-order valence-electron chi connectivity index (χ1n) is 6.18. The van der Waals surface area contributed by atoms with Crippen molar-refractivity contribution in [2.45, 2.75) is 59.8 Å². The van der Waals surface area contributed by atoms with Crippen molar-refractivity contribution in [3.63, 3.8) is 0 Å². The molecule has 0 saturated heterocycles. The molecule has 0 spiro atoms. The summed E-state index contributed by atoms with van der Waals surface area (Å²) in [4.78, 5) is 22.2. The highest BCUT2D eigenvalue weighted by atomic mass is 16.4. The van der Waals surface area contributed by atoms with E-state index in [1.165, 1.54) is 0 Å². The molecule has 0 bridgehead atoms. The molecule has 4 heteroatoms. The number of hydrogen-bond acceptors (Lipinski definition) is 2. The average molecular weight is 244 g/mol. The molecule has 2 N–H and O–H groups in total. The largest absolute Gasteiger partial charge is 0.481 e. The molecule has 0 aromatic heterocycles. The van der Waals surface area contributed by atoms with Crippen LogP contribution in [0.3, 0.4) is 0 Å². The summed E-state index contributed by atoms with van der Waals surface area (Å²) in [5, 5.41) is 18.2. The Kier molecular flexibility index (Phi) is 5.66. The fourth-order valence-corrected chi connectivity index (χ4v) is 1.74. The Morgan fingerprint density at radius 1 is 0.882 bits per heavy atom. The average Bonchev–Trinajstić information content (AvgIpc) is 2.27. The predicted molar refractivity (Wildman–Crippen MR) is 65.9 cm³/mol. The number of carbonyl (C=O) groups is 2. The molecule has 2 atom stereocenters. The van der Waals surface area contributed by atoms with Gasteiger partial charge in [0.25, 0.3) is 0 Å². The monoisotopic (exact) mass is 244 g/mol. The number of carboxylic acids is 2. The van der Waals surface area contributed by atoms with E-state index < -0.39 is 22.8 Å². The van der Waals surface area contributed by atoms with Crippen LogP contribution in [0.15, 0.2) is 0 Å². The third-order valence-electron chi connectivity index (χ3n) is 4.05. The van der Waals surface area contributed by atoms with Crippen molar-refractivity contribution < 1.29 is 19.8 Å². The summed E-state index contributed by atoms with van der Waals surface area (Å²) in [6.07, 6.45) is 2.83. The SMILES string of the molecule is CCC(C)(CCCC(C)(CC)C(=O)O)C(=O)O. The van der Waals surface area contributed by atoms with Gasteiger partial charge < -0.3 is 10.2 Å². The van der Waals surface area contributed by atoms with E-state index in [0.717, 1.165) is 0 Å². The molecule has 17 heavy (non-hydrogen) atoms. The first-order valence-corrected chi connectivity index (χ1v) is 6.18. The molecule has 100 valence electrons. The van der Waals surface area contributed by atoms with E-state index in [-0.39, 0.29) is 0 Å². The number of carboxylic acid groups (broad SMARTS) is 2. The molecular formula is C13H24O4. The lowest BCUT2D eigenvalue weighted by molar-refractivity contribution is -0.149. The molecule has 0 rings (SSSR count). The van der Waals surface area contributed by atoms with Crippen molar-refractivity contribution >= 4 is 11.9 Å². The molecule has 2 unspecified atom stereocenters. The first-order chi connectivity index (χ1) is 7.72. The molecule has 0 aliphatic rings. The minimum absolute atomic E-state index is 0.529.